The van der Waals surface area contributed by atoms with E-state index in [2.05, 4.69) is 0 Å². The molecule has 1 aromatic heterocycles. The first-order valence-corrected chi connectivity index (χ1v) is 6.10. The van der Waals surface area contributed by atoms with Crippen molar-refractivity contribution in [2.24, 2.45) is 5.92 Å². The standard InChI is InChI=1S/C13H17NO4/c1-8(2)10-4-6-18-11(10)12(15)14-5-3-9(7-14)13(16)17/h4,6,8-9H,3,5,7H2,1-2H3,(H,16,17). The fourth-order valence-corrected chi connectivity index (χ4v) is 2.24. The largest absolute Gasteiger partial charge is 0.481 e. The molecule has 1 amide bonds. The van der Waals surface area contributed by atoms with E-state index in [1.165, 1.54) is 6.26 Å². The van der Waals surface area contributed by atoms with Gasteiger partial charge in [-0.2, -0.15) is 0 Å². The molecule has 0 saturated carbocycles. The first-order valence-electron chi connectivity index (χ1n) is 6.10. The number of hydrogen-bond donors (Lipinski definition) is 1. The van der Waals surface area contributed by atoms with Crippen LogP contribution in [-0.4, -0.2) is 35.0 Å². The lowest BCUT2D eigenvalue weighted by atomic mass is 10.0. The molecule has 1 aliphatic rings. The number of likely N-dealkylation sites (tertiary alicyclic amines) is 1. The molecule has 18 heavy (non-hydrogen) atoms. The van der Waals surface area contributed by atoms with Gasteiger partial charge in [0.15, 0.2) is 5.76 Å². The van der Waals surface area contributed by atoms with Gasteiger partial charge in [-0.05, 0) is 18.4 Å². The van der Waals surface area contributed by atoms with E-state index in [1.807, 2.05) is 13.8 Å². The Labute approximate surface area is 105 Å². The summed E-state index contributed by atoms with van der Waals surface area (Å²) < 4.78 is 5.26. The van der Waals surface area contributed by atoms with E-state index in [4.69, 9.17) is 9.52 Å². The fourth-order valence-electron chi connectivity index (χ4n) is 2.24. The highest BCUT2D eigenvalue weighted by molar-refractivity contribution is 5.93. The Balaban J connectivity index is 2.13. The molecule has 5 nitrogen and oxygen atoms in total. The van der Waals surface area contributed by atoms with Crippen molar-refractivity contribution in [1.82, 2.24) is 4.90 Å². The van der Waals surface area contributed by atoms with Gasteiger partial charge >= 0.3 is 5.97 Å². The maximum Gasteiger partial charge on any atom is 0.308 e. The van der Waals surface area contributed by atoms with Crippen molar-refractivity contribution in [3.63, 3.8) is 0 Å². The first-order chi connectivity index (χ1) is 8.50. The van der Waals surface area contributed by atoms with Crippen LogP contribution in [-0.2, 0) is 4.79 Å². The van der Waals surface area contributed by atoms with Gasteiger partial charge in [0.05, 0.1) is 12.2 Å². The molecule has 1 N–H and O–H groups in total. The number of carbonyl (C=O) groups excluding carboxylic acids is 1. The van der Waals surface area contributed by atoms with Gasteiger partial charge in [0.25, 0.3) is 5.91 Å². The van der Waals surface area contributed by atoms with Crippen LogP contribution in [0.25, 0.3) is 0 Å². The summed E-state index contributed by atoms with van der Waals surface area (Å²) >= 11 is 0. The van der Waals surface area contributed by atoms with Gasteiger partial charge in [-0.15, -0.1) is 0 Å². The second-order valence-electron chi connectivity index (χ2n) is 4.93. The molecule has 0 aromatic carbocycles. The Morgan fingerprint density at radius 1 is 1.50 bits per heavy atom. The van der Waals surface area contributed by atoms with Crippen molar-refractivity contribution in [2.75, 3.05) is 13.1 Å². The highest BCUT2D eigenvalue weighted by Gasteiger charge is 2.33. The number of nitrogens with zero attached hydrogens (tertiary/aromatic N) is 1. The molecule has 5 heteroatoms. The molecular weight excluding hydrogens is 234 g/mol. The summed E-state index contributed by atoms with van der Waals surface area (Å²) in [5.74, 6) is -0.940. The molecule has 1 saturated heterocycles. The van der Waals surface area contributed by atoms with Crippen LogP contribution in [0, 0.1) is 5.92 Å². The smallest absolute Gasteiger partial charge is 0.308 e. The van der Waals surface area contributed by atoms with Crippen molar-refractivity contribution < 1.29 is 19.1 Å². The molecule has 1 aromatic rings. The SMILES string of the molecule is CC(C)c1ccoc1C(=O)N1CCC(C(=O)O)C1. The monoisotopic (exact) mass is 251 g/mol. The predicted molar refractivity (Wildman–Crippen MR) is 64.4 cm³/mol. The normalized spacial score (nSPS) is 19.5. The number of amides is 1. The number of carbonyl (C=O) groups is 2. The molecule has 1 fully saturated rings. The van der Waals surface area contributed by atoms with Crippen molar-refractivity contribution in [3.8, 4) is 0 Å². The highest BCUT2D eigenvalue weighted by atomic mass is 16.4. The zero-order valence-corrected chi connectivity index (χ0v) is 10.5. The Morgan fingerprint density at radius 3 is 2.78 bits per heavy atom. The van der Waals surface area contributed by atoms with Gasteiger partial charge in [0, 0.05) is 18.7 Å². The number of carboxylic acid groups (broad SMARTS) is 1. The lowest BCUT2D eigenvalue weighted by molar-refractivity contribution is -0.141. The highest BCUT2D eigenvalue weighted by Crippen LogP contribution is 2.25. The lowest BCUT2D eigenvalue weighted by Crippen LogP contribution is -2.30. The maximum absolute atomic E-state index is 12.2. The van der Waals surface area contributed by atoms with E-state index >= 15 is 0 Å². The van der Waals surface area contributed by atoms with Gasteiger partial charge in [0.1, 0.15) is 0 Å². The Hall–Kier alpha value is -1.78. The van der Waals surface area contributed by atoms with Crippen molar-refractivity contribution in [3.05, 3.63) is 23.7 Å². The number of hydrogen-bond acceptors (Lipinski definition) is 3. The van der Waals surface area contributed by atoms with E-state index in [-0.39, 0.29) is 18.4 Å². The van der Waals surface area contributed by atoms with E-state index in [0.29, 0.717) is 18.7 Å². The second kappa shape index (κ2) is 4.84. The molecule has 1 aliphatic heterocycles. The van der Waals surface area contributed by atoms with Gasteiger partial charge in [-0.25, -0.2) is 0 Å². The zero-order chi connectivity index (χ0) is 13.3. The van der Waals surface area contributed by atoms with E-state index < -0.39 is 11.9 Å². The molecule has 1 unspecified atom stereocenters. The van der Waals surface area contributed by atoms with Crippen molar-refractivity contribution >= 4 is 11.9 Å². The summed E-state index contributed by atoms with van der Waals surface area (Å²) in [6.07, 6.45) is 2.02. The molecule has 2 heterocycles. The van der Waals surface area contributed by atoms with Crippen LogP contribution in [0.4, 0.5) is 0 Å². The van der Waals surface area contributed by atoms with Crippen molar-refractivity contribution in [2.45, 2.75) is 26.2 Å². The average molecular weight is 251 g/mol. The van der Waals surface area contributed by atoms with Crippen LogP contribution in [0.5, 0.6) is 0 Å². The zero-order valence-electron chi connectivity index (χ0n) is 10.5. The van der Waals surface area contributed by atoms with E-state index in [9.17, 15) is 9.59 Å². The first kappa shape index (κ1) is 12.7. The summed E-state index contributed by atoms with van der Waals surface area (Å²) in [5.41, 5.74) is 0.874. The van der Waals surface area contributed by atoms with Crippen LogP contribution < -0.4 is 0 Å². The third-order valence-corrected chi connectivity index (χ3v) is 3.34. The van der Waals surface area contributed by atoms with Crippen LogP contribution in [0.3, 0.4) is 0 Å². The summed E-state index contributed by atoms with van der Waals surface area (Å²) in [4.78, 5) is 24.7. The summed E-state index contributed by atoms with van der Waals surface area (Å²) in [6.45, 7) is 4.73. The number of rotatable bonds is 3. The number of furan rings is 1. The number of aliphatic carboxylic acids is 1. The minimum absolute atomic E-state index is 0.201. The summed E-state index contributed by atoms with van der Waals surface area (Å²) in [6, 6.07) is 1.79. The topological polar surface area (TPSA) is 70.8 Å². The van der Waals surface area contributed by atoms with Crippen LogP contribution in [0.1, 0.15) is 42.3 Å². The average Bonchev–Trinajstić information content (AvgIpc) is 2.97. The Bertz CT molecular complexity index is 463. The second-order valence-corrected chi connectivity index (χ2v) is 4.93. The van der Waals surface area contributed by atoms with Gasteiger partial charge in [-0.3, -0.25) is 9.59 Å². The van der Waals surface area contributed by atoms with Crippen LogP contribution in [0.2, 0.25) is 0 Å². The van der Waals surface area contributed by atoms with Gasteiger partial charge in [-0.1, -0.05) is 13.8 Å². The predicted octanol–water partition coefficient (Wildman–Crippen LogP) is 1.95. The molecule has 0 aliphatic carbocycles. The summed E-state index contributed by atoms with van der Waals surface area (Å²) in [5, 5.41) is 8.92. The Kier molecular flexibility index (Phi) is 3.41. The maximum atomic E-state index is 12.2. The van der Waals surface area contributed by atoms with E-state index in [0.717, 1.165) is 5.56 Å². The third-order valence-electron chi connectivity index (χ3n) is 3.34. The number of carboxylic acids is 1. The van der Waals surface area contributed by atoms with Gasteiger partial charge < -0.3 is 14.4 Å². The molecule has 98 valence electrons. The molecular formula is C13H17NO4. The quantitative estimate of drug-likeness (QED) is 0.891. The summed E-state index contributed by atoms with van der Waals surface area (Å²) in [7, 11) is 0. The third kappa shape index (κ3) is 2.25. The molecule has 0 spiro atoms. The van der Waals surface area contributed by atoms with Crippen LogP contribution >= 0.6 is 0 Å². The minimum atomic E-state index is -0.839. The molecule has 0 bridgehead atoms. The minimum Gasteiger partial charge on any atom is -0.481 e. The van der Waals surface area contributed by atoms with E-state index in [1.54, 1.807) is 11.0 Å². The van der Waals surface area contributed by atoms with Gasteiger partial charge in [0.2, 0.25) is 0 Å². The van der Waals surface area contributed by atoms with Crippen molar-refractivity contribution in [1.29, 1.82) is 0 Å². The molecule has 0 radical (unpaired) electrons. The lowest BCUT2D eigenvalue weighted by Gasteiger charge is -2.15. The fraction of sp³-hybridized carbons (Fsp3) is 0.538. The molecule has 2 rings (SSSR count). The Morgan fingerprint density at radius 2 is 2.22 bits per heavy atom. The molecule has 1 atom stereocenters. The van der Waals surface area contributed by atoms with Crippen LogP contribution in [0.15, 0.2) is 16.7 Å².